The van der Waals surface area contributed by atoms with Gasteiger partial charge in [-0.3, -0.25) is 81.5 Å². The number of carbonyl (C=O) groups excluding carboxylic acids is 15. The summed E-state index contributed by atoms with van der Waals surface area (Å²) in [5.41, 5.74) is 12.4. The monoisotopic (exact) mass is 1610 g/mol. The van der Waals surface area contributed by atoms with Gasteiger partial charge in [-0.05, 0) is 88.8 Å². The van der Waals surface area contributed by atoms with E-state index in [1.165, 1.54) is 20.8 Å². The molecule has 0 bridgehead atoms. The molecular weight excluding hydrogens is 1500 g/mol. The molecule has 1 fully saturated rings. The first kappa shape index (κ1) is 96.8. The average Bonchev–Trinajstić information content (AvgIpc) is 1.75. The van der Waals surface area contributed by atoms with Crippen LogP contribution in [0.15, 0.2) is 30.5 Å². The van der Waals surface area contributed by atoms with Gasteiger partial charge in [0.1, 0.15) is 72.6 Å². The zero-order valence-corrected chi connectivity index (χ0v) is 65.3. The molecule has 2 heterocycles. The Morgan fingerprint density at radius 1 is 0.640 bits per heavy atom. The number of aliphatic carboxylic acids is 4. The lowest BCUT2D eigenvalue weighted by molar-refractivity contribution is -0.159. The van der Waals surface area contributed by atoms with E-state index >= 15 is 0 Å². The normalized spacial score (nSPS) is 22.4. The Balaban J connectivity index is 2.23. The maximum Gasteiger partial charge on any atom is 0.335 e. The van der Waals surface area contributed by atoms with E-state index in [9.17, 15) is 117 Å². The number of primary amides is 1. The van der Waals surface area contributed by atoms with Crippen LogP contribution >= 0.6 is 0 Å². The number of carboxylic acids is 4. The van der Waals surface area contributed by atoms with Gasteiger partial charge in [0.25, 0.3) is 0 Å². The largest absolute Gasteiger partial charge is 0.481 e. The van der Waals surface area contributed by atoms with Crippen molar-refractivity contribution in [2.24, 2.45) is 29.2 Å². The van der Waals surface area contributed by atoms with Gasteiger partial charge >= 0.3 is 29.8 Å². The number of carbonyl (C=O) groups is 19. The molecule has 634 valence electrons. The highest BCUT2D eigenvalue weighted by Crippen LogP contribution is 2.22. The number of esters is 1. The van der Waals surface area contributed by atoms with Crippen molar-refractivity contribution in [2.45, 2.75) is 236 Å². The minimum atomic E-state index is -2.78. The molecule has 0 saturated carbocycles. The van der Waals surface area contributed by atoms with Gasteiger partial charge in [0.15, 0.2) is 12.2 Å². The predicted molar refractivity (Wildman–Crippen MR) is 400 cm³/mol. The zero-order valence-electron chi connectivity index (χ0n) is 65.3. The minimum Gasteiger partial charge on any atom is -0.481 e. The van der Waals surface area contributed by atoms with Crippen molar-refractivity contribution < 1.29 is 126 Å². The smallest absolute Gasteiger partial charge is 0.335 e. The van der Waals surface area contributed by atoms with Gasteiger partial charge < -0.3 is 120 Å². The number of carboxylic acid groups (broad SMARTS) is 4. The number of methoxy groups -OCH3 is 1. The van der Waals surface area contributed by atoms with E-state index in [0.717, 1.165) is 60.6 Å². The fourth-order valence-corrected chi connectivity index (χ4v) is 11.8. The third kappa shape index (κ3) is 32.0. The predicted octanol–water partition coefficient (Wildman–Crippen LogP) is -4.83. The maximum atomic E-state index is 14.9. The molecule has 1 aromatic heterocycles. The van der Waals surface area contributed by atoms with E-state index in [1.54, 1.807) is 30.5 Å². The third-order valence-electron chi connectivity index (χ3n) is 18.7. The minimum absolute atomic E-state index is 0.0157. The zero-order chi connectivity index (χ0) is 86.0. The first-order chi connectivity index (χ1) is 53.5. The number of H-pyrrole nitrogens is 1. The van der Waals surface area contributed by atoms with Crippen molar-refractivity contribution in [3.63, 3.8) is 0 Å². The molecule has 3 rings (SSSR count). The number of fused-ring (bicyclic) bond motifs is 1. The first-order valence-corrected chi connectivity index (χ1v) is 37.2. The second kappa shape index (κ2) is 47.8. The van der Waals surface area contributed by atoms with Crippen LogP contribution in [0.5, 0.6) is 0 Å². The highest BCUT2D eigenvalue weighted by Gasteiger charge is 2.44. The van der Waals surface area contributed by atoms with Gasteiger partial charge in [-0.1, -0.05) is 84.9 Å². The number of hydrogen-bond donors (Lipinski definition) is 20. The van der Waals surface area contributed by atoms with Crippen LogP contribution in [0, 0.1) is 17.8 Å². The van der Waals surface area contributed by atoms with Crippen molar-refractivity contribution >= 4 is 123 Å². The molecule has 1 aromatic carbocycles. The van der Waals surface area contributed by atoms with Gasteiger partial charge in [-0.2, -0.15) is 0 Å². The number of aliphatic hydroxyl groups is 1. The Morgan fingerprint density at radius 3 is 1.83 bits per heavy atom. The van der Waals surface area contributed by atoms with Crippen molar-refractivity contribution in [2.75, 3.05) is 33.8 Å². The number of aromatic amines is 1. The third-order valence-corrected chi connectivity index (χ3v) is 18.7. The lowest BCUT2D eigenvalue weighted by Crippen LogP contribution is -2.64. The van der Waals surface area contributed by atoms with Crippen LogP contribution in [0.25, 0.3) is 10.9 Å². The summed E-state index contributed by atoms with van der Waals surface area (Å²) in [4.78, 5) is 264. The molecule has 16 unspecified atom stereocenters. The second-order valence-corrected chi connectivity index (χ2v) is 28.4. The van der Waals surface area contributed by atoms with E-state index in [0.29, 0.717) is 40.1 Å². The molecule has 1 aliphatic rings. The Kier molecular flexibility index (Phi) is 40.6. The molecule has 2 aromatic rings. The quantitative estimate of drug-likeness (QED) is 0.0227. The van der Waals surface area contributed by atoms with Crippen molar-refractivity contribution in [3.05, 3.63) is 36.0 Å². The molecule has 0 spiro atoms. The van der Waals surface area contributed by atoms with Gasteiger partial charge in [-0.15, -0.1) is 0 Å². The first-order valence-electron chi connectivity index (χ1n) is 37.2. The van der Waals surface area contributed by atoms with Crippen LogP contribution in [-0.4, -0.2) is 267 Å². The fourth-order valence-electron chi connectivity index (χ4n) is 11.8. The van der Waals surface area contributed by atoms with Crippen molar-refractivity contribution in [1.29, 1.82) is 0 Å². The Morgan fingerprint density at radius 2 is 1.24 bits per heavy atom. The molecule has 42 nitrogen and oxygen atoms in total. The van der Waals surface area contributed by atoms with Crippen molar-refractivity contribution in [1.82, 2.24) is 73.7 Å². The Labute approximate surface area is 656 Å². The molecular formula is C72H110N16O26. The molecule has 1 aliphatic heterocycles. The van der Waals surface area contributed by atoms with Gasteiger partial charge in [0, 0.05) is 50.5 Å². The van der Waals surface area contributed by atoms with Gasteiger partial charge in [0.05, 0.1) is 25.9 Å². The topological polar surface area (TPSA) is 659 Å². The van der Waals surface area contributed by atoms with Crippen LogP contribution in [0.3, 0.4) is 0 Å². The SMILES string of the molecule is CCC(C)CCCCCCC(=O)NC(Cc1c[nH]c2ccccc12)C(=O)NC(CCC(=O)O)C(=O)NC(C(=O)NC1C(=O)N(C)CC(=O)NC(C)C(=O)NC(CC(=O)O)C(=O)NC(CCCCN)C(=O)NC(C(OC)C(=O)O)C(=O)NCC(=O)NC(C)C(=O)NC(C(C)CC(=O)O)C(=O)NC(C(C)C)C(=O)OC1C)C(O)C(N)=O. The number of ether oxygens (including phenoxy) is 2. The van der Waals surface area contributed by atoms with Crippen LogP contribution in [-0.2, 0) is 107 Å². The number of nitrogens with zero attached hydrogens (tertiary/aromatic N) is 1. The van der Waals surface area contributed by atoms with Gasteiger partial charge in [-0.25, -0.2) is 9.59 Å². The van der Waals surface area contributed by atoms with Crippen LogP contribution in [0.4, 0.5) is 0 Å². The summed E-state index contributed by atoms with van der Waals surface area (Å²) in [6.45, 7) is 9.02. The van der Waals surface area contributed by atoms with Gasteiger partial charge in [0.2, 0.25) is 82.7 Å². The number of rotatable bonds is 35. The van der Waals surface area contributed by atoms with Crippen LogP contribution in [0.2, 0.25) is 0 Å². The summed E-state index contributed by atoms with van der Waals surface area (Å²) in [5, 5.41) is 78.6. The average molecular weight is 1620 g/mol. The number of amides is 14. The number of nitrogens with one attached hydrogen (secondary N) is 13. The van der Waals surface area contributed by atoms with E-state index in [-0.39, 0.29) is 38.6 Å². The molecule has 0 radical (unpaired) electrons. The standard InChI is InChI=1S/C72H110N16O26/c1-11-35(4)20-14-12-13-15-24-47(89)79-45(29-40-31-75-42-22-17-16-21-41(40)42)65(104)81-44(25-26-50(92)93)64(103)86-56(58(98)60(74)99)69(108)85-55-39(8)114-72(112)53(34(2)3)83-68(107)54(36(5)28-51(94)95)84-62(101)38(7)77-48(90)32-76-67(106)57(59(113-10)71(110)111)87-63(102)43(23-18-19-27-73)80-66(105)46(30-52(96)97)82-61(100)37(6)78-49(91)33-88(9)70(55)109/h16-17,21-22,31,34-39,43-46,53-59,75,98H,11-15,18-20,23-30,32-33,73H2,1-10H3,(H2,74,99)(H,76,106)(H,77,90)(H,78,91)(H,79,89)(H,80,105)(H,81,104)(H,82,100)(H,83,107)(H,84,101)(H,85,108)(H,86,103)(H,87,102)(H,92,93)(H,94,95)(H,96,97)(H,110,111). The molecule has 114 heavy (non-hydrogen) atoms. The Hall–Kier alpha value is -11.4. The summed E-state index contributed by atoms with van der Waals surface area (Å²) < 4.78 is 10.7. The summed E-state index contributed by atoms with van der Waals surface area (Å²) in [6, 6.07) is -14.8. The number of hydrogen-bond acceptors (Lipinski definition) is 23. The number of benzene rings is 1. The molecule has 16 atom stereocenters. The molecule has 0 aliphatic carbocycles. The highest BCUT2D eigenvalue weighted by atomic mass is 16.5. The highest BCUT2D eigenvalue weighted by molar-refractivity contribution is 6.02. The molecule has 14 amide bonds. The maximum absolute atomic E-state index is 14.9. The lowest BCUT2D eigenvalue weighted by Gasteiger charge is -2.32. The van der Waals surface area contributed by atoms with E-state index in [1.807, 2.05) is 0 Å². The number of para-hydroxylation sites is 1. The summed E-state index contributed by atoms with van der Waals surface area (Å²) in [5.74, 6) is -28.1. The fraction of sp³-hybridized carbons (Fsp3) is 0.625. The molecule has 42 heteroatoms. The van der Waals surface area contributed by atoms with E-state index in [2.05, 4.69) is 82.6 Å². The molecule has 1 saturated heterocycles. The number of likely N-dealkylation sites (N-methyl/N-ethyl adjacent to an activating group) is 1. The van der Waals surface area contributed by atoms with Crippen LogP contribution in [0.1, 0.15) is 151 Å². The van der Waals surface area contributed by atoms with E-state index in [4.69, 9.17) is 20.9 Å². The Bertz CT molecular complexity index is 3760. The summed E-state index contributed by atoms with van der Waals surface area (Å²) in [7, 11) is 1.75. The number of nitrogens with two attached hydrogens (primary N) is 2. The molecule has 22 N–H and O–H groups in total. The number of aliphatic hydroxyl groups excluding tert-OH is 1. The number of aromatic nitrogens is 1. The van der Waals surface area contributed by atoms with Crippen LogP contribution < -0.4 is 75.3 Å². The van der Waals surface area contributed by atoms with Crippen molar-refractivity contribution in [3.8, 4) is 0 Å². The number of unbranched alkanes of at least 4 members (excludes halogenated alkanes) is 4. The van der Waals surface area contributed by atoms with E-state index < -0.39 is 248 Å². The second-order valence-electron chi connectivity index (χ2n) is 28.4. The summed E-state index contributed by atoms with van der Waals surface area (Å²) >= 11 is 0. The summed E-state index contributed by atoms with van der Waals surface area (Å²) in [6.07, 6.45) is -4.55. The number of cyclic esters (lactones) is 1. The lowest BCUT2D eigenvalue weighted by atomic mass is 9.95.